The molecule has 14 heavy (non-hydrogen) atoms. The molecule has 0 radical (unpaired) electrons. The van der Waals surface area contributed by atoms with Gasteiger partial charge in [-0.3, -0.25) is 4.79 Å². The van der Waals surface area contributed by atoms with E-state index < -0.39 is 15.9 Å². The molecule has 0 heterocycles. The van der Waals surface area contributed by atoms with Gasteiger partial charge in [0.2, 0.25) is 0 Å². The second kappa shape index (κ2) is 6.14. The average Bonchev–Trinajstić information content (AvgIpc) is 2.02. The number of nitrogens with two attached hydrogens (primary N) is 1. The molecule has 2 N–H and O–H groups in total. The molecule has 1 atom stereocenters. The van der Waals surface area contributed by atoms with E-state index in [-0.39, 0.29) is 18.0 Å². The Morgan fingerprint density at radius 2 is 2.00 bits per heavy atom. The number of rotatable bonds is 7. The number of ketones is 1. The smallest absolute Gasteiger partial charge is 0.149 e. The SMILES string of the molecule is CCCC(N)C(=O)CCCS(C)(=O)=O. The minimum absolute atomic E-state index is 0.0319. The van der Waals surface area contributed by atoms with Crippen molar-refractivity contribution < 1.29 is 13.2 Å². The quantitative estimate of drug-likeness (QED) is 0.679. The van der Waals surface area contributed by atoms with E-state index in [1.54, 1.807) is 0 Å². The van der Waals surface area contributed by atoms with E-state index >= 15 is 0 Å². The number of carbonyl (C=O) groups excluding carboxylic acids is 1. The largest absolute Gasteiger partial charge is 0.322 e. The van der Waals surface area contributed by atoms with Crippen molar-refractivity contribution >= 4 is 15.6 Å². The summed E-state index contributed by atoms with van der Waals surface area (Å²) in [5, 5.41) is 0. The molecule has 0 fully saturated rings. The van der Waals surface area contributed by atoms with Crippen molar-refractivity contribution in [3.8, 4) is 0 Å². The summed E-state index contributed by atoms with van der Waals surface area (Å²) in [7, 11) is -2.95. The zero-order valence-corrected chi connectivity index (χ0v) is 9.64. The first kappa shape index (κ1) is 13.6. The van der Waals surface area contributed by atoms with Crippen LogP contribution in [-0.4, -0.2) is 32.3 Å². The third-order valence-corrected chi connectivity index (χ3v) is 2.98. The van der Waals surface area contributed by atoms with Gasteiger partial charge in [-0.05, 0) is 12.8 Å². The van der Waals surface area contributed by atoms with Crippen LogP contribution in [0.3, 0.4) is 0 Å². The van der Waals surface area contributed by atoms with Crippen LogP contribution < -0.4 is 5.73 Å². The third kappa shape index (κ3) is 7.03. The van der Waals surface area contributed by atoms with Crippen molar-refractivity contribution in [2.24, 2.45) is 5.73 Å². The molecule has 0 amide bonds. The molecule has 0 spiro atoms. The normalized spacial score (nSPS) is 13.9. The molecule has 0 rings (SSSR count). The van der Waals surface area contributed by atoms with Crippen molar-refractivity contribution in [1.29, 1.82) is 0 Å². The van der Waals surface area contributed by atoms with E-state index in [0.717, 1.165) is 6.42 Å². The van der Waals surface area contributed by atoms with Crippen LogP contribution in [0.5, 0.6) is 0 Å². The molecule has 0 aliphatic rings. The lowest BCUT2D eigenvalue weighted by Gasteiger charge is -2.08. The van der Waals surface area contributed by atoms with Gasteiger partial charge >= 0.3 is 0 Å². The predicted molar refractivity (Wildman–Crippen MR) is 56.8 cm³/mol. The fourth-order valence-electron chi connectivity index (χ4n) is 1.17. The van der Waals surface area contributed by atoms with Gasteiger partial charge in [0.25, 0.3) is 0 Å². The maximum atomic E-state index is 11.3. The van der Waals surface area contributed by atoms with Crippen LogP contribution in [0.4, 0.5) is 0 Å². The van der Waals surface area contributed by atoms with Gasteiger partial charge in [0, 0.05) is 12.7 Å². The summed E-state index contributed by atoms with van der Waals surface area (Å²) in [6.45, 7) is 1.96. The molecule has 5 heteroatoms. The molecule has 0 saturated heterocycles. The molecular weight excluding hydrogens is 202 g/mol. The number of sulfone groups is 1. The number of carbonyl (C=O) groups is 1. The van der Waals surface area contributed by atoms with Crippen LogP contribution >= 0.6 is 0 Å². The van der Waals surface area contributed by atoms with Gasteiger partial charge in [-0.2, -0.15) is 0 Å². The zero-order valence-electron chi connectivity index (χ0n) is 8.82. The van der Waals surface area contributed by atoms with E-state index in [1.807, 2.05) is 6.92 Å². The van der Waals surface area contributed by atoms with E-state index in [0.29, 0.717) is 12.8 Å². The highest BCUT2D eigenvalue weighted by atomic mass is 32.2. The highest BCUT2D eigenvalue weighted by Crippen LogP contribution is 2.02. The molecule has 0 aromatic rings. The van der Waals surface area contributed by atoms with Crippen molar-refractivity contribution in [2.45, 2.75) is 38.6 Å². The Bertz CT molecular complexity index is 272. The summed E-state index contributed by atoms with van der Waals surface area (Å²) < 4.78 is 21.5. The maximum Gasteiger partial charge on any atom is 0.149 e. The fourth-order valence-corrected chi connectivity index (χ4v) is 1.83. The summed E-state index contributed by atoms with van der Waals surface area (Å²) in [4.78, 5) is 11.3. The van der Waals surface area contributed by atoms with Gasteiger partial charge in [0.05, 0.1) is 11.8 Å². The number of hydrogen-bond donors (Lipinski definition) is 1. The van der Waals surface area contributed by atoms with Crippen LogP contribution in [0.15, 0.2) is 0 Å². The van der Waals surface area contributed by atoms with Gasteiger partial charge in [-0.15, -0.1) is 0 Å². The number of Topliss-reactive ketones (excluding diaryl/α,β-unsaturated/α-hetero) is 1. The fraction of sp³-hybridized carbons (Fsp3) is 0.889. The zero-order chi connectivity index (χ0) is 11.2. The maximum absolute atomic E-state index is 11.3. The number of hydrogen-bond acceptors (Lipinski definition) is 4. The summed E-state index contributed by atoms with van der Waals surface area (Å²) in [6.07, 6.45) is 3.38. The molecule has 0 aromatic heterocycles. The Hall–Kier alpha value is -0.420. The van der Waals surface area contributed by atoms with Crippen LogP contribution in [-0.2, 0) is 14.6 Å². The lowest BCUT2D eigenvalue weighted by atomic mass is 10.1. The Kier molecular flexibility index (Phi) is 5.95. The van der Waals surface area contributed by atoms with Crippen molar-refractivity contribution in [3.05, 3.63) is 0 Å². The lowest BCUT2D eigenvalue weighted by Crippen LogP contribution is -2.30. The van der Waals surface area contributed by atoms with E-state index in [9.17, 15) is 13.2 Å². The minimum Gasteiger partial charge on any atom is -0.322 e. The molecule has 0 aliphatic heterocycles. The van der Waals surface area contributed by atoms with Gasteiger partial charge in [0.1, 0.15) is 15.6 Å². The second-order valence-electron chi connectivity index (χ2n) is 3.59. The Morgan fingerprint density at radius 3 is 2.43 bits per heavy atom. The predicted octanol–water partition coefficient (Wildman–Crippen LogP) is 0.508. The van der Waals surface area contributed by atoms with E-state index in [4.69, 9.17) is 5.73 Å². The lowest BCUT2D eigenvalue weighted by molar-refractivity contribution is -0.120. The van der Waals surface area contributed by atoms with E-state index in [1.165, 1.54) is 6.26 Å². The van der Waals surface area contributed by atoms with Crippen LogP contribution in [0.2, 0.25) is 0 Å². The summed E-state index contributed by atoms with van der Waals surface area (Å²) in [6, 6.07) is -0.417. The van der Waals surface area contributed by atoms with Crippen molar-refractivity contribution in [3.63, 3.8) is 0 Å². The van der Waals surface area contributed by atoms with Crippen molar-refractivity contribution in [1.82, 2.24) is 0 Å². The van der Waals surface area contributed by atoms with Gasteiger partial charge in [-0.25, -0.2) is 8.42 Å². The molecular formula is C9H19NO3S. The molecule has 1 unspecified atom stereocenters. The first-order valence-corrected chi connectivity index (χ1v) is 6.89. The molecule has 4 nitrogen and oxygen atoms in total. The highest BCUT2D eigenvalue weighted by molar-refractivity contribution is 7.90. The van der Waals surface area contributed by atoms with Crippen molar-refractivity contribution in [2.75, 3.05) is 12.0 Å². The van der Waals surface area contributed by atoms with Crippen LogP contribution in [0.25, 0.3) is 0 Å². The Labute approximate surface area is 85.8 Å². The van der Waals surface area contributed by atoms with Crippen LogP contribution in [0, 0.1) is 0 Å². The Morgan fingerprint density at radius 1 is 1.43 bits per heavy atom. The monoisotopic (exact) mass is 221 g/mol. The topological polar surface area (TPSA) is 77.2 Å². The standard InChI is InChI=1S/C9H19NO3S/c1-3-5-8(10)9(11)6-4-7-14(2,12)13/h8H,3-7,10H2,1-2H3. The first-order valence-electron chi connectivity index (χ1n) is 4.83. The molecule has 0 aromatic carbocycles. The van der Waals surface area contributed by atoms with E-state index in [2.05, 4.69) is 0 Å². The van der Waals surface area contributed by atoms with Gasteiger partial charge < -0.3 is 5.73 Å². The average molecular weight is 221 g/mol. The summed E-state index contributed by atoms with van der Waals surface area (Å²) in [5.41, 5.74) is 5.58. The van der Waals surface area contributed by atoms with Gasteiger partial charge in [-0.1, -0.05) is 13.3 Å². The minimum atomic E-state index is -2.95. The summed E-state index contributed by atoms with van der Waals surface area (Å²) in [5.74, 6) is 0.0351. The summed E-state index contributed by atoms with van der Waals surface area (Å²) >= 11 is 0. The van der Waals surface area contributed by atoms with Gasteiger partial charge in [0.15, 0.2) is 0 Å². The molecule has 0 saturated carbocycles. The second-order valence-corrected chi connectivity index (χ2v) is 5.85. The van der Waals surface area contributed by atoms with Crippen LogP contribution in [0.1, 0.15) is 32.6 Å². The molecule has 0 aliphatic carbocycles. The highest BCUT2D eigenvalue weighted by Gasteiger charge is 2.12. The first-order chi connectivity index (χ1) is 6.37. The third-order valence-electron chi connectivity index (χ3n) is 1.95. The Balaban J connectivity index is 3.75. The molecule has 0 bridgehead atoms. The molecule has 84 valence electrons.